The Morgan fingerprint density at radius 2 is 2.28 bits per heavy atom. The van der Waals surface area contributed by atoms with Crippen molar-refractivity contribution in [3.05, 3.63) is 34.9 Å². The molecule has 2 rings (SSSR count). The monoisotopic (exact) mass is 246 g/mol. The van der Waals surface area contributed by atoms with E-state index in [4.69, 9.17) is 5.73 Å². The number of hydrogen-bond acceptors (Lipinski definition) is 4. The predicted molar refractivity (Wildman–Crippen MR) is 69.1 cm³/mol. The number of benzene rings is 1. The van der Waals surface area contributed by atoms with Crippen LogP contribution in [-0.4, -0.2) is 22.0 Å². The summed E-state index contributed by atoms with van der Waals surface area (Å²) in [6.07, 6.45) is 1.47. The fourth-order valence-corrected chi connectivity index (χ4v) is 1.69. The van der Waals surface area contributed by atoms with Gasteiger partial charge in [-0.3, -0.25) is 14.2 Å². The van der Waals surface area contributed by atoms with Crippen molar-refractivity contribution in [3.8, 4) is 0 Å². The van der Waals surface area contributed by atoms with Gasteiger partial charge < -0.3 is 11.1 Å². The Morgan fingerprint density at radius 3 is 3.00 bits per heavy atom. The van der Waals surface area contributed by atoms with Crippen molar-refractivity contribution in [2.75, 3.05) is 12.3 Å². The summed E-state index contributed by atoms with van der Waals surface area (Å²) >= 11 is 0. The van der Waals surface area contributed by atoms with Gasteiger partial charge in [-0.05, 0) is 18.2 Å². The van der Waals surface area contributed by atoms with Gasteiger partial charge in [0, 0.05) is 25.7 Å². The zero-order chi connectivity index (χ0) is 13.1. The first-order chi connectivity index (χ1) is 8.58. The summed E-state index contributed by atoms with van der Waals surface area (Å²) < 4.78 is 1.46. The Balaban J connectivity index is 2.32. The van der Waals surface area contributed by atoms with Crippen LogP contribution in [0, 0.1) is 0 Å². The van der Waals surface area contributed by atoms with E-state index in [2.05, 4.69) is 10.3 Å². The van der Waals surface area contributed by atoms with Gasteiger partial charge in [-0.2, -0.15) is 0 Å². The molecule has 1 amide bonds. The van der Waals surface area contributed by atoms with Crippen molar-refractivity contribution in [1.82, 2.24) is 14.9 Å². The molecular formula is C12H14N4O2. The fraction of sp³-hybridized carbons (Fsp3) is 0.250. The Labute approximate surface area is 103 Å². The summed E-state index contributed by atoms with van der Waals surface area (Å²) in [6, 6.07) is 5.03. The standard InChI is InChI=1S/C12H14N4O2/c1-8(17)14-4-5-16-7-15-11-3-2-9(13)6-10(11)12(16)18/h2-3,6-7H,4-5,13H2,1H3,(H,14,17). The highest BCUT2D eigenvalue weighted by atomic mass is 16.1. The Kier molecular flexibility index (Phi) is 3.27. The Morgan fingerprint density at radius 1 is 1.50 bits per heavy atom. The fourth-order valence-electron chi connectivity index (χ4n) is 1.69. The van der Waals surface area contributed by atoms with Crippen LogP contribution in [0.25, 0.3) is 10.9 Å². The largest absolute Gasteiger partial charge is 0.399 e. The van der Waals surface area contributed by atoms with E-state index < -0.39 is 0 Å². The maximum atomic E-state index is 12.1. The van der Waals surface area contributed by atoms with E-state index >= 15 is 0 Å². The van der Waals surface area contributed by atoms with Crippen LogP contribution >= 0.6 is 0 Å². The first-order valence-corrected chi connectivity index (χ1v) is 5.57. The third-order valence-electron chi connectivity index (χ3n) is 2.57. The highest BCUT2D eigenvalue weighted by molar-refractivity contribution is 5.80. The van der Waals surface area contributed by atoms with Gasteiger partial charge in [-0.1, -0.05) is 0 Å². The minimum atomic E-state index is -0.155. The third-order valence-corrected chi connectivity index (χ3v) is 2.57. The van der Waals surface area contributed by atoms with E-state index in [9.17, 15) is 9.59 Å². The number of nitrogens with one attached hydrogen (secondary N) is 1. The van der Waals surface area contributed by atoms with Gasteiger partial charge in [0.2, 0.25) is 5.91 Å². The SMILES string of the molecule is CC(=O)NCCn1cnc2ccc(N)cc2c1=O. The van der Waals surface area contributed by atoms with Crippen LogP contribution in [0.15, 0.2) is 29.3 Å². The number of amides is 1. The Bertz CT molecular complexity index is 648. The number of rotatable bonds is 3. The zero-order valence-electron chi connectivity index (χ0n) is 10.0. The lowest BCUT2D eigenvalue weighted by Gasteiger charge is -2.07. The topological polar surface area (TPSA) is 90.0 Å². The van der Waals surface area contributed by atoms with Gasteiger partial charge in [-0.25, -0.2) is 4.98 Å². The molecule has 1 aromatic heterocycles. The van der Waals surface area contributed by atoms with Gasteiger partial charge in [-0.15, -0.1) is 0 Å². The number of carbonyl (C=O) groups excluding carboxylic acids is 1. The molecular weight excluding hydrogens is 232 g/mol. The van der Waals surface area contributed by atoms with Crippen molar-refractivity contribution >= 4 is 22.5 Å². The zero-order valence-corrected chi connectivity index (χ0v) is 10.0. The molecule has 6 heteroatoms. The molecule has 0 fully saturated rings. The normalized spacial score (nSPS) is 10.5. The minimum Gasteiger partial charge on any atom is -0.399 e. The van der Waals surface area contributed by atoms with Crippen LogP contribution in [0.1, 0.15) is 6.92 Å². The lowest BCUT2D eigenvalue weighted by atomic mass is 10.2. The van der Waals surface area contributed by atoms with E-state index in [0.29, 0.717) is 29.7 Å². The van der Waals surface area contributed by atoms with Crippen LogP contribution < -0.4 is 16.6 Å². The quantitative estimate of drug-likeness (QED) is 0.752. The molecule has 1 aromatic carbocycles. The molecule has 0 aliphatic rings. The van der Waals surface area contributed by atoms with E-state index in [0.717, 1.165) is 0 Å². The molecule has 0 spiro atoms. The van der Waals surface area contributed by atoms with Gasteiger partial charge >= 0.3 is 0 Å². The second kappa shape index (κ2) is 4.87. The highest BCUT2D eigenvalue weighted by Crippen LogP contribution is 2.10. The summed E-state index contributed by atoms with van der Waals surface area (Å²) in [6.45, 7) is 2.21. The molecule has 0 bridgehead atoms. The first kappa shape index (κ1) is 12.1. The van der Waals surface area contributed by atoms with Crippen LogP contribution in [0.4, 0.5) is 5.69 Å². The number of nitrogens with two attached hydrogens (primary N) is 1. The van der Waals surface area contributed by atoms with Gasteiger partial charge in [0.05, 0.1) is 17.2 Å². The molecule has 0 saturated carbocycles. The summed E-state index contributed by atoms with van der Waals surface area (Å²) in [5, 5.41) is 3.12. The average molecular weight is 246 g/mol. The minimum absolute atomic E-state index is 0.124. The molecule has 0 aliphatic heterocycles. The second-order valence-electron chi connectivity index (χ2n) is 4.00. The highest BCUT2D eigenvalue weighted by Gasteiger charge is 2.04. The smallest absolute Gasteiger partial charge is 0.261 e. The van der Waals surface area contributed by atoms with E-state index in [-0.39, 0.29) is 11.5 Å². The molecule has 94 valence electrons. The van der Waals surface area contributed by atoms with Crippen molar-refractivity contribution in [2.45, 2.75) is 13.5 Å². The van der Waals surface area contributed by atoms with E-state index in [1.165, 1.54) is 17.8 Å². The van der Waals surface area contributed by atoms with Gasteiger partial charge in [0.1, 0.15) is 0 Å². The molecule has 0 radical (unpaired) electrons. The molecule has 0 aliphatic carbocycles. The van der Waals surface area contributed by atoms with Crippen LogP contribution in [0.2, 0.25) is 0 Å². The summed E-state index contributed by atoms with van der Waals surface area (Å²) in [4.78, 5) is 27.0. The number of hydrogen-bond donors (Lipinski definition) is 2. The molecule has 2 aromatic rings. The van der Waals surface area contributed by atoms with Crippen LogP contribution in [0.3, 0.4) is 0 Å². The molecule has 0 saturated heterocycles. The van der Waals surface area contributed by atoms with Gasteiger partial charge in [0.25, 0.3) is 5.56 Å². The first-order valence-electron chi connectivity index (χ1n) is 5.57. The maximum Gasteiger partial charge on any atom is 0.261 e. The van der Waals surface area contributed by atoms with Crippen LogP contribution in [0.5, 0.6) is 0 Å². The number of carbonyl (C=O) groups is 1. The molecule has 0 atom stereocenters. The van der Waals surface area contributed by atoms with E-state index in [1.54, 1.807) is 18.2 Å². The lowest BCUT2D eigenvalue weighted by Crippen LogP contribution is -2.29. The number of anilines is 1. The lowest BCUT2D eigenvalue weighted by molar-refractivity contribution is -0.118. The van der Waals surface area contributed by atoms with Crippen molar-refractivity contribution < 1.29 is 4.79 Å². The molecule has 1 heterocycles. The van der Waals surface area contributed by atoms with Crippen molar-refractivity contribution in [2.24, 2.45) is 0 Å². The Hall–Kier alpha value is -2.37. The average Bonchev–Trinajstić information content (AvgIpc) is 2.32. The van der Waals surface area contributed by atoms with Crippen molar-refractivity contribution in [1.29, 1.82) is 0 Å². The molecule has 6 nitrogen and oxygen atoms in total. The maximum absolute atomic E-state index is 12.1. The van der Waals surface area contributed by atoms with Crippen molar-refractivity contribution in [3.63, 3.8) is 0 Å². The third kappa shape index (κ3) is 2.48. The van der Waals surface area contributed by atoms with Crippen LogP contribution in [-0.2, 0) is 11.3 Å². The summed E-state index contributed by atoms with van der Waals surface area (Å²) in [5.41, 5.74) is 6.64. The number of nitrogens with zero attached hydrogens (tertiary/aromatic N) is 2. The van der Waals surface area contributed by atoms with E-state index in [1.807, 2.05) is 0 Å². The molecule has 18 heavy (non-hydrogen) atoms. The summed E-state index contributed by atoms with van der Waals surface area (Å²) in [5.74, 6) is -0.124. The molecule has 3 N–H and O–H groups in total. The number of nitrogen functional groups attached to an aromatic ring is 1. The molecule has 0 unspecified atom stereocenters. The second-order valence-corrected chi connectivity index (χ2v) is 4.00. The number of aromatic nitrogens is 2. The predicted octanol–water partition coefficient (Wildman–Crippen LogP) is 0.115. The summed E-state index contributed by atoms with van der Waals surface area (Å²) in [7, 11) is 0. The number of fused-ring (bicyclic) bond motifs is 1. The van der Waals surface area contributed by atoms with Gasteiger partial charge in [0.15, 0.2) is 0 Å².